The third-order valence-corrected chi connectivity index (χ3v) is 3.31. The molecule has 0 N–H and O–H groups in total. The molecule has 1 aliphatic heterocycles. The van der Waals surface area contributed by atoms with Gasteiger partial charge in [0.25, 0.3) is 5.69 Å². The normalized spacial score (nSPS) is 24.8. The molecule has 4 heteroatoms. The largest absolute Gasteiger partial charge is 0.366 e. The van der Waals surface area contributed by atoms with Crippen molar-refractivity contribution in [2.24, 2.45) is 0 Å². The zero-order valence-electron chi connectivity index (χ0n) is 9.59. The van der Waals surface area contributed by atoms with E-state index in [0.29, 0.717) is 12.1 Å². The molecule has 1 heterocycles. The summed E-state index contributed by atoms with van der Waals surface area (Å²) in [5, 5.41) is 10.6. The number of benzene rings is 1. The van der Waals surface area contributed by atoms with Crippen LogP contribution in [-0.4, -0.2) is 17.0 Å². The van der Waals surface area contributed by atoms with Crippen LogP contribution in [0, 0.1) is 10.1 Å². The molecule has 4 nitrogen and oxygen atoms in total. The summed E-state index contributed by atoms with van der Waals surface area (Å²) in [7, 11) is 0. The van der Waals surface area contributed by atoms with Gasteiger partial charge in [-0.1, -0.05) is 0 Å². The smallest absolute Gasteiger partial charge is 0.269 e. The first-order valence-corrected chi connectivity index (χ1v) is 5.62. The van der Waals surface area contributed by atoms with Gasteiger partial charge in [0.15, 0.2) is 0 Å². The van der Waals surface area contributed by atoms with Gasteiger partial charge in [0, 0.05) is 29.9 Å². The Morgan fingerprint density at radius 1 is 1.19 bits per heavy atom. The van der Waals surface area contributed by atoms with Crippen molar-refractivity contribution < 1.29 is 4.92 Å². The van der Waals surface area contributed by atoms with Crippen LogP contribution in [0.5, 0.6) is 0 Å². The third-order valence-electron chi connectivity index (χ3n) is 3.31. The quantitative estimate of drug-likeness (QED) is 0.568. The second-order valence-electron chi connectivity index (χ2n) is 4.46. The van der Waals surface area contributed by atoms with Gasteiger partial charge in [-0.3, -0.25) is 10.1 Å². The first-order chi connectivity index (χ1) is 7.59. The van der Waals surface area contributed by atoms with Crippen LogP contribution in [0.2, 0.25) is 0 Å². The number of non-ortho nitro benzene ring substituents is 1. The predicted octanol–water partition coefficient (Wildman–Crippen LogP) is 2.97. The number of anilines is 1. The monoisotopic (exact) mass is 220 g/mol. The molecule has 2 atom stereocenters. The van der Waals surface area contributed by atoms with Crippen molar-refractivity contribution in [1.82, 2.24) is 0 Å². The van der Waals surface area contributed by atoms with Crippen molar-refractivity contribution in [1.29, 1.82) is 0 Å². The zero-order chi connectivity index (χ0) is 11.7. The summed E-state index contributed by atoms with van der Waals surface area (Å²) < 4.78 is 0. The minimum absolute atomic E-state index is 0.156. The van der Waals surface area contributed by atoms with Crippen molar-refractivity contribution >= 4 is 11.4 Å². The van der Waals surface area contributed by atoms with Crippen LogP contribution in [0.4, 0.5) is 11.4 Å². The topological polar surface area (TPSA) is 46.4 Å². The Morgan fingerprint density at radius 2 is 1.69 bits per heavy atom. The van der Waals surface area contributed by atoms with Gasteiger partial charge in [-0.15, -0.1) is 0 Å². The van der Waals surface area contributed by atoms with Crippen LogP contribution in [-0.2, 0) is 0 Å². The molecular weight excluding hydrogens is 204 g/mol. The molecule has 1 saturated heterocycles. The second kappa shape index (κ2) is 4.12. The van der Waals surface area contributed by atoms with Gasteiger partial charge in [-0.25, -0.2) is 0 Å². The molecule has 0 spiro atoms. The Balaban J connectivity index is 2.24. The lowest BCUT2D eigenvalue weighted by Crippen LogP contribution is -2.32. The fraction of sp³-hybridized carbons (Fsp3) is 0.500. The molecule has 0 radical (unpaired) electrons. The molecular formula is C12H16N2O2. The van der Waals surface area contributed by atoms with Crippen molar-refractivity contribution in [3.63, 3.8) is 0 Å². The molecule has 1 aromatic rings. The van der Waals surface area contributed by atoms with E-state index in [0.717, 1.165) is 5.69 Å². The van der Waals surface area contributed by atoms with Gasteiger partial charge in [-0.2, -0.15) is 0 Å². The highest BCUT2D eigenvalue weighted by Gasteiger charge is 2.27. The first kappa shape index (κ1) is 10.9. The maximum absolute atomic E-state index is 10.6. The third kappa shape index (κ3) is 1.87. The Kier molecular flexibility index (Phi) is 2.81. The number of hydrogen-bond acceptors (Lipinski definition) is 3. The second-order valence-corrected chi connectivity index (χ2v) is 4.46. The minimum Gasteiger partial charge on any atom is -0.366 e. The van der Waals surface area contributed by atoms with Crippen molar-refractivity contribution in [2.75, 3.05) is 4.90 Å². The molecule has 2 rings (SSSR count). The van der Waals surface area contributed by atoms with E-state index < -0.39 is 0 Å². The van der Waals surface area contributed by atoms with Gasteiger partial charge in [0.05, 0.1) is 4.92 Å². The van der Waals surface area contributed by atoms with Crippen molar-refractivity contribution in [3.8, 4) is 0 Å². The molecule has 0 aliphatic carbocycles. The molecule has 86 valence electrons. The number of hydrogen-bond donors (Lipinski definition) is 0. The summed E-state index contributed by atoms with van der Waals surface area (Å²) in [5.41, 5.74) is 1.24. The van der Waals surface area contributed by atoms with Gasteiger partial charge >= 0.3 is 0 Å². The van der Waals surface area contributed by atoms with E-state index in [9.17, 15) is 10.1 Å². The van der Waals surface area contributed by atoms with Crippen LogP contribution in [0.15, 0.2) is 24.3 Å². The molecule has 1 fully saturated rings. The Labute approximate surface area is 95.0 Å². The van der Waals surface area contributed by atoms with E-state index in [1.807, 2.05) is 12.1 Å². The van der Waals surface area contributed by atoms with Crippen LogP contribution in [0.25, 0.3) is 0 Å². The molecule has 0 bridgehead atoms. The lowest BCUT2D eigenvalue weighted by Gasteiger charge is -2.28. The molecule has 1 aliphatic rings. The van der Waals surface area contributed by atoms with E-state index in [2.05, 4.69) is 18.7 Å². The summed E-state index contributed by atoms with van der Waals surface area (Å²) in [6.45, 7) is 4.40. The number of nitro benzene ring substituents is 1. The van der Waals surface area contributed by atoms with E-state index in [1.54, 1.807) is 12.1 Å². The fourth-order valence-electron chi connectivity index (χ4n) is 2.45. The van der Waals surface area contributed by atoms with Crippen LogP contribution >= 0.6 is 0 Å². The highest BCUT2D eigenvalue weighted by Crippen LogP contribution is 2.30. The van der Waals surface area contributed by atoms with Crippen molar-refractivity contribution in [2.45, 2.75) is 38.8 Å². The fourth-order valence-corrected chi connectivity index (χ4v) is 2.45. The summed E-state index contributed by atoms with van der Waals surface area (Å²) in [6.07, 6.45) is 2.39. The molecule has 0 aromatic heterocycles. The van der Waals surface area contributed by atoms with Crippen molar-refractivity contribution in [3.05, 3.63) is 34.4 Å². The number of rotatable bonds is 2. The van der Waals surface area contributed by atoms with E-state index in [1.165, 1.54) is 12.8 Å². The zero-order valence-corrected chi connectivity index (χ0v) is 9.59. The minimum atomic E-state index is -0.360. The Bertz CT molecular complexity index is 379. The average Bonchev–Trinajstić information content (AvgIpc) is 2.59. The maximum Gasteiger partial charge on any atom is 0.269 e. The Morgan fingerprint density at radius 3 is 2.12 bits per heavy atom. The standard InChI is InChI=1S/C12H16N2O2/c1-9-3-4-10(2)13(9)11-5-7-12(8-6-11)14(15)16/h5-10H,3-4H2,1-2H3. The van der Waals surface area contributed by atoms with Gasteiger partial charge < -0.3 is 4.90 Å². The molecule has 2 unspecified atom stereocenters. The summed E-state index contributed by atoms with van der Waals surface area (Å²) >= 11 is 0. The van der Waals surface area contributed by atoms with E-state index >= 15 is 0 Å². The lowest BCUT2D eigenvalue weighted by atomic mass is 10.2. The van der Waals surface area contributed by atoms with Crippen LogP contribution in [0.3, 0.4) is 0 Å². The first-order valence-electron chi connectivity index (χ1n) is 5.62. The molecule has 16 heavy (non-hydrogen) atoms. The predicted molar refractivity (Wildman–Crippen MR) is 63.7 cm³/mol. The van der Waals surface area contributed by atoms with Gasteiger partial charge in [-0.05, 0) is 38.8 Å². The molecule has 1 aromatic carbocycles. The summed E-state index contributed by atoms with van der Waals surface area (Å²) in [5.74, 6) is 0. The summed E-state index contributed by atoms with van der Waals surface area (Å²) in [6, 6.07) is 7.89. The molecule has 0 saturated carbocycles. The maximum atomic E-state index is 10.6. The van der Waals surface area contributed by atoms with Crippen LogP contribution in [0.1, 0.15) is 26.7 Å². The SMILES string of the molecule is CC1CCC(C)N1c1ccc([N+](=O)[O-])cc1. The number of nitro groups is 1. The van der Waals surface area contributed by atoms with E-state index in [-0.39, 0.29) is 10.6 Å². The Hall–Kier alpha value is -1.58. The average molecular weight is 220 g/mol. The van der Waals surface area contributed by atoms with E-state index in [4.69, 9.17) is 0 Å². The van der Waals surface area contributed by atoms with Crippen LogP contribution < -0.4 is 4.90 Å². The lowest BCUT2D eigenvalue weighted by molar-refractivity contribution is -0.384. The van der Waals surface area contributed by atoms with Gasteiger partial charge in [0.2, 0.25) is 0 Å². The summed E-state index contributed by atoms with van der Waals surface area (Å²) in [4.78, 5) is 12.5. The van der Waals surface area contributed by atoms with Gasteiger partial charge in [0.1, 0.15) is 0 Å². The number of nitrogens with zero attached hydrogens (tertiary/aromatic N) is 2. The highest BCUT2D eigenvalue weighted by atomic mass is 16.6. The molecule has 0 amide bonds. The highest BCUT2D eigenvalue weighted by molar-refractivity contribution is 5.53.